The van der Waals surface area contributed by atoms with Crippen molar-refractivity contribution < 1.29 is 33.4 Å². The van der Waals surface area contributed by atoms with Gasteiger partial charge in [-0.3, -0.25) is 19.2 Å². The highest BCUT2D eigenvalue weighted by Gasteiger charge is 2.64. The largest absolute Gasteiger partial charge is 0.469 e. The van der Waals surface area contributed by atoms with Crippen LogP contribution >= 0.6 is 0 Å². The van der Waals surface area contributed by atoms with E-state index in [1.54, 1.807) is 0 Å². The maximum atomic E-state index is 12.8. The molecule has 400 valence electrons. The van der Waals surface area contributed by atoms with E-state index in [1.165, 1.54) is 91.3 Å². The van der Waals surface area contributed by atoms with Crippen LogP contribution in [0.5, 0.6) is 0 Å². The third-order valence-corrected chi connectivity index (χ3v) is 22.1. The summed E-state index contributed by atoms with van der Waals surface area (Å²) >= 11 is 0. The SMILES string of the molecule is CC.CC.CC.CC.COC(=O)CCC(C)C1CCC2C3C(C)CC4CC(CC5CC(C(C)CCC6C7CC(CC(=O)OC)C(C7)C6CC6C(=O)OC(=O)C6C)CC5C)CCC4(C)C3CC(C)C12C. The highest BCUT2D eigenvalue weighted by molar-refractivity contribution is 5.96. The van der Waals surface area contributed by atoms with Crippen LogP contribution < -0.4 is 0 Å². The van der Waals surface area contributed by atoms with Crippen LogP contribution in [0.15, 0.2) is 0 Å². The van der Waals surface area contributed by atoms with E-state index in [1.807, 2.05) is 62.3 Å². The minimum absolute atomic E-state index is 0.0528. The molecule has 0 aromatic carbocycles. The fourth-order valence-electron chi connectivity index (χ4n) is 18.5. The Morgan fingerprint density at radius 1 is 0.681 bits per heavy atom. The molecule has 7 nitrogen and oxygen atoms in total. The Kier molecular flexibility index (Phi) is 22.8. The van der Waals surface area contributed by atoms with Gasteiger partial charge in [0.1, 0.15) is 0 Å². The van der Waals surface area contributed by atoms with Gasteiger partial charge in [0.15, 0.2) is 0 Å². The lowest BCUT2D eigenvalue weighted by Crippen LogP contribution is -2.58. The molecule has 0 aromatic rings. The molecule has 7 aliphatic carbocycles. The molecule has 8 aliphatic rings. The lowest BCUT2D eigenvalue weighted by atomic mass is 9.40. The molecule has 7 heteroatoms. The van der Waals surface area contributed by atoms with Gasteiger partial charge in [-0.1, -0.05) is 117 Å². The molecule has 0 aromatic heterocycles. The average Bonchev–Trinajstić information content (AvgIpc) is 4.17. The number of hydrogen-bond donors (Lipinski definition) is 0. The van der Waals surface area contributed by atoms with E-state index in [2.05, 4.69) is 48.5 Å². The van der Waals surface area contributed by atoms with Crippen LogP contribution in [0.2, 0.25) is 0 Å². The van der Waals surface area contributed by atoms with Crippen molar-refractivity contribution in [1.29, 1.82) is 0 Å². The molecular weight excluding hydrogens is 857 g/mol. The van der Waals surface area contributed by atoms with Crippen molar-refractivity contribution in [2.24, 2.45) is 129 Å². The van der Waals surface area contributed by atoms with Crippen LogP contribution in [0.4, 0.5) is 0 Å². The molecule has 1 heterocycles. The Morgan fingerprint density at radius 2 is 1.35 bits per heavy atom. The lowest BCUT2D eigenvalue weighted by molar-refractivity contribution is -0.164. The fraction of sp³-hybridized carbons (Fsp3) is 0.935. The first-order valence-corrected chi connectivity index (χ1v) is 29.9. The Bertz CT molecular complexity index is 1620. The monoisotopic (exact) mass is 967 g/mol. The summed E-state index contributed by atoms with van der Waals surface area (Å²) < 4.78 is 15.2. The van der Waals surface area contributed by atoms with Crippen LogP contribution in [-0.4, -0.2) is 38.1 Å². The minimum atomic E-state index is -0.368. The summed E-state index contributed by atoms with van der Waals surface area (Å²) in [6.45, 7) is 36.1. The molecule has 22 unspecified atom stereocenters. The van der Waals surface area contributed by atoms with Gasteiger partial charge in [-0.15, -0.1) is 0 Å². The van der Waals surface area contributed by atoms with Gasteiger partial charge in [0.2, 0.25) is 0 Å². The van der Waals surface area contributed by atoms with Crippen molar-refractivity contribution in [3.05, 3.63) is 0 Å². The van der Waals surface area contributed by atoms with E-state index in [0.717, 1.165) is 84.9 Å². The number of hydrogen-bond acceptors (Lipinski definition) is 7. The van der Waals surface area contributed by atoms with Crippen LogP contribution in [0.1, 0.15) is 226 Å². The van der Waals surface area contributed by atoms with Crippen LogP contribution in [-0.2, 0) is 33.4 Å². The molecule has 0 N–H and O–H groups in total. The smallest absolute Gasteiger partial charge is 0.317 e. The van der Waals surface area contributed by atoms with Crippen LogP contribution in [0.3, 0.4) is 0 Å². The molecule has 1 saturated heterocycles. The van der Waals surface area contributed by atoms with Gasteiger partial charge in [0, 0.05) is 12.8 Å². The molecule has 7 saturated carbocycles. The molecule has 1 aliphatic heterocycles. The number of cyclic esters (lactones) is 2. The van der Waals surface area contributed by atoms with E-state index in [4.69, 9.17) is 14.2 Å². The van der Waals surface area contributed by atoms with E-state index in [0.29, 0.717) is 71.0 Å². The molecule has 2 bridgehead atoms. The number of methoxy groups -OCH3 is 2. The summed E-state index contributed by atoms with van der Waals surface area (Å²) in [5, 5.41) is 0. The predicted molar refractivity (Wildman–Crippen MR) is 284 cm³/mol. The molecular formula is C62H110O7. The highest BCUT2D eigenvalue weighted by atomic mass is 16.6. The van der Waals surface area contributed by atoms with E-state index in [9.17, 15) is 19.2 Å². The van der Waals surface area contributed by atoms with Crippen molar-refractivity contribution in [2.75, 3.05) is 14.2 Å². The van der Waals surface area contributed by atoms with E-state index < -0.39 is 0 Å². The molecule has 0 amide bonds. The predicted octanol–water partition coefficient (Wildman–Crippen LogP) is 16.1. The molecule has 69 heavy (non-hydrogen) atoms. The van der Waals surface area contributed by atoms with Crippen LogP contribution in [0.25, 0.3) is 0 Å². The molecule has 0 spiro atoms. The molecule has 8 rings (SSSR count). The normalized spacial score (nSPS) is 43.3. The van der Waals surface area contributed by atoms with Gasteiger partial charge >= 0.3 is 23.9 Å². The van der Waals surface area contributed by atoms with Gasteiger partial charge in [-0.25, -0.2) is 0 Å². The van der Waals surface area contributed by atoms with Gasteiger partial charge in [-0.2, -0.15) is 0 Å². The van der Waals surface area contributed by atoms with Gasteiger partial charge in [-0.05, 0) is 214 Å². The van der Waals surface area contributed by atoms with Crippen LogP contribution in [0, 0.1) is 129 Å². The van der Waals surface area contributed by atoms with Gasteiger partial charge < -0.3 is 14.2 Å². The number of ether oxygens (including phenoxy) is 3. The first-order chi connectivity index (χ1) is 33.0. The summed E-state index contributed by atoms with van der Waals surface area (Å²) in [5.41, 5.74) is 0.870. The Balaban J connectivity index is 0.00000123. The van der Waals surface area contributed by atoms with Crippen molar-refractivity contribution in [3.63, 3.8) is 0 Å². The second-order valence-electron chi connectivity index (χ2n) is 24.5. The summed E-state index contributed by atoms with van der Waals surface area (Å²) in [6.07, 6.45) is 21.5. The molecule has 0 radical (unpaired) electrons. The van der Waals surface area contributed by atoms with Crippen molar-refractivity contribution in [3.8, 4) is 0 Å². The first-order valence-electron chi connectivity index (χ1n) is 29.9. The van der Waals surface area contributed by atoms with Crippen molar-refractivity contribution in [1.82, 2.24) is 0 Å². The highest BCUT2D eigenvalue weighted by Crippen LogP contribution is 2.71. The number of rotatable bonds is 14. The number of fused-ring (bicyclic) bond motifs is 7. The first kappa shape index (κ1) is 59.6. The van der Waals surface area contributed by atoms with Crippen molar-refractivity contribution >= 4 is 23.9 Å². The van der Waals surface area contributed by atoms with E-state index in [-0.39, 0.29) is 35.7 Å². The molecule has 22 atom stereocenters. The van der Waals surface area contributed by atoms with Crippen molar-refractivity contribution in [2.45, 2.75) is 226 Å². The topological polar surface area (TPSA) is 96.0 Å². The summed E-state index contributed by atoms with van der Waals surface area (Å²) in [4.78, 5) is 49.6. The maximum Gasteiger partial charge on any atom is 0.317 e. The quantitative estimate of drug-likeness (QED) is 0.0972. The number of esters is 4. The van der Waals surface area contributed by atoms with Gasteiger partial charge in [0.05, 0.1) is 26.1 Å². The number of carbonyl (C=O) groups is 4. The van der Waals surface area contributed by atoms with E-state index >= 15 is 0 Å². The lowest BCUT2D eigenvalue weighted by Gasteiger charge is -2.65. The third kappa shape index (κ3) is 12.2. The second-order valence-corrected chi connectivity index (χ2v) is 24.5. The third-order valence-electron chi connectivity index (χ3n) is 22.1. The summed E-state index contributed by atoms with van der Waals surface area (Å²) in [5.74, 6) is 11.0. The Morgan fingerprint density at radius 3 is 1.97 bits per heavy atom. The zero-order valence-corrected chi connectivity index (χ0v) is 48.1. The fourth-order valence-corrected chi connectivity index (χ4v) is 18.5. The van der Waals surface area contributed by atoms with Gasteiger partial charge in [0.25, 0.3) is 0 Å². The second kappa shape index (κ2) is 26.3. The zero-order valence-electron chi connectivity index (χ0n) is 48.1. The standard InChI is InChI=1S/C54H86O7.4C2H6/c1-29(11-13-41-38-25-39(27-49(56)60-10)43(26-38)44(41)28-42-34(6)51(57)61-52(42)58)36-19-31(3)37(24-36)22-35-17-18-53(7)40(23-35)20-32(4)50-46-15-14-45(30(2)12-16-48(55)59-9)54(46,8)33(5)21-47(50)53;4*1-2/h29-47,50H,11-28H2,1-10H3;4*1-2H3. The Hall–Kier alpha value is -1.92. The number of carbonyl (C=O) groups excluding carboxylic acids is 4. The Labute approximate surface area is 425 Å². The maximum absolute atomic E-state index is 12.8. The summed E-state index contributed by atoms with van der Waals surface area (Å²) in [6, 6.07) is 0. The zero-order chi connectivity index (χ0) is 51.7. The summed E-state index contributed by atoms with van der Waals surface area (Å²) in [7, 11) is 3.01. The minimum Gasteiger partial charge on any atom is -0.469 e. The average molecular weight is 968 g/mol. The molecule has 8 fully saturated rings.